The van der Waals surface area contributed by atoms with Gasteiger partial charge >= 0.3 is 0 Å². The van der Waals surface area contributed by atoms with Gasteiger partial charge in [-0.3, -0.25) is 0 Å². The summed E-state index contributed by atoms with van der Waals surface area (Å²) in [7, 11) is 0. The van der Waals surface area contributed by atoms with Crippen molar-refractivity contribution < 1.29 is 4.52 Å². The fourth-order valence-corrected chi connectivity index (χ4v) is 1.87. The Morgan fingerprint density at radius 2 is 2.14 bits per heavy atom. The summed E-state index contributed by atoms with van der Waals surface area (Å²) >= 11 is 0. The maximum absolute atomic E-state index is 4.70. The number of nitrogens with zero attached hydrogens (tertiary/aromatic N) is 5. The lowest BCUT2D eigenvalue weighted by molar-refractivity contribution is 0.410. The van der Waals surface area contributed by atoms with Crippen LogP contribution in [0.4, 0.5) is 11.8 Å². The van der Waals surface area contributed by atoms with Gasteiger partial charge in [0.2, 0.25) is 12.3 Å². The van der Waals surface area contributed by atoms with E-state index in [2.05, 4.69) is 47.6 Å². The quantitative estimate of drug-likeness (QED) is 0.594. The van der Waals surface area contributed by atoms with E-state index in [-0.39, 0.29) is 0 Å². The Morgan fingerprint density at radius 3 is 2.95 bits per heavy atom. The second-order valence-electron chi connectivity index (χ2n) is 4.45. The maximum atomic E-state index is 4.70. The molecule has 21 heavy (non-hydrogen) atoms. The van der Waals surface area contributed by atoms with E-state index >= 15 is 0 Å². The van der Waals surface area contributed by atoms with Crippen LogP contribution in [0.2, 0.25) is 0 Å². The van der Waals surface area contributed by atoms with Crippen LogP contribution in [0.15, 0.2) is 17.2 Å². The fourth-order valence-electron chi connectivity index (χ4n) is 1.87. The molecule has 9 nitrogen and oxygen atoms in total. The van der Waals surface area contributed by atoms with Crippen molar-refractivity contribution in [3.8, 4) is 0 Å². The highest BCUT2D eigenvalue weighted by molar-refractivity contribution is 5.83. The van der Waals surface area contributed by atoms with Crippen LogP contribution >= 0.6 is 0 Å². The third-order valence-corrected chi connectivity index (χ3v) is 2.87. The summed E-state index contributed by atoms with van der Waals surface area (Å²) in [6.07, 6.45) is 4.57. The normalized spacial score (nSPS) is 10.9. The van der Waals surface area contributed by atoms with Crippen LogP contribution in [-0.4, -0.2) is 43.2 Å². The largest absolute Gasteiger partial charge is 0.368 e. The highest BCUT2D eigenvalue weighted by Crippen LogP contribution is 2.18. The Kier molecular flexibility index (Phi) is 3.90. The standard InChI is InChI=1S/C12H16N8O/c1-2-4-14-12-18-10(9-11(19-12)16-6-15-9)13-5-3-8-17-7-21-20-8/h6-7H,2-5H2,1H3,(H3,13,14,15,16,18,19). The molecular weight excluding hydrogens is 272 g/mol. The number of fused-ring (bicyclic) bond motifs is 1. The molecule has 0 aliphatic carbocycles. The SMILES string of the molecule is CCCNc1nc(NCCc2ncon2)c2[nH]cnc2n1. The van der Waals surface area contributed by atoms with Crippen LogP contribution < -0.4 is 10.6 Å². The molecule has 0 saturated carbocycles. The van der Waals surface area contributed by atoms with E-state index in [1.807, 2.05) is 0 Å². The molecule has 0 amide bonds. The van der Waals surface area contributed by atoms with E-state index in [0.29, 0.717) is 36.2 Å². The lowest BCUT2D eigenvalue weighted by Crippen LogP contribution is -2.11. The predicted octanol–water partition coefficient (Wildman–Crippen LogP) is 1.21. The average Bonchev–Trinajstić information content (AvgIpc) is 3.15. The van der Waals surface area contributed by atoms with Gasteiger partial charge < -0.3 is 20.1 Å². The zero-order valence-electron chi connectivity index (χ0n) is 11.6. The van der Waals surface area contributed by atoms with Gasteiger partial charge in [-0.05, 0) is 6.42 Å². The van der Waals surface area contributed by atoms with Crippen molar-refractivity contribution in [2.45, 2.75) is 19.8 Å². The lowest BCUT2D eigenvalue weighted by atomic mass is 10.4. The molecule has 9 heteroatoms. The number of hydrogen-bond acceptors (Lipinski definition) is 8. The number of imidazole rings is 1. The van der Waals surface area contributed by atoms with Gasteiger partial charge in [-0.15, -0.1) is 0 Å². The van der Waals surface area contributed by atoms with Gasteiger partial charge in [-0.25, -0.2) is 4.98 Å². The third kappa shape index (κ3) is 3.07. The Hall–Kier alpha value is -2.71. The van der Waals surface area contributed by atoms with E-state index in [4.69, 9.17) is 4.52 Å². The van der Waals surface area contributed by atoms with Crippen molar-refractivity contribution in [2.75, 3.05) is 23.7 Å². The molecule has 0 fully saturated rings. The Labute approximate surface area is 120 Å². The van der Waals surface area contributed by atoms with Gasteiger partial charge in [0, 0.05) is 19.5 Å². The van der Waals surface area contributed by atoms with Gasteiger partial charge in [0.1, 0.15) is 5.52 Å². The van der Waals surface area contributed by atoms with Gasteiger partial charge in [-0.1, -0.05) is 12.1 Å². The van der Waals surface area contributed by atoms with Gasteiger partial charge in [-0.2, -0.15) is 15.0 Å². The van der Waals surface area contributed by atoms with E-state index in [0.717, 1.165) is 18.5 Å². The summed E-state index contributed by atoms with van der Waals surface area (Å²) in [6.45, 7) is 3.54. The molecule has 0 aliphatic heterocycles. The summed E-state index contributed by atoms with van der Waals surface area (Å²) in [5.74, 6) is 1.93. The summed E-state index contributed by atoms with van der Waals surface area (Å²) in [5, 5.41) is 10.2. The molecule has 0 aliphatic rings. The zero-order chi connectivity index (χ0) is 14.5. The van der Waals surface area contributed by atoms with Crippen LogP contribution in [-0.2, 0) is 6.42 Å². The number of aromatic nitrogens is 6. The van der Waals surface area contributed by atoms with Crippen molar-refractivity contribution in [3.63, 3.8) is 0 Å². The first-order valence-electron chi connectivity index (χ1n) is 6.81. The molecule has 0 bridgehead atoms. The Morgan fingerprint density at radius 1 is 1.19 bits per heavy atom. The van der Waals surface area contributed by atoms with Crippen molar-refractivity contribution in [1.29, 1.82) is 0 Å². The predicted molar refractivity (Wildman–Crippen MR) is 77.0 cm³/mol. The van der Waals surface area contributed by atoms with Crippen molar-refractivity contribution in [1.82, 2.24) is 30.1 Å². The first-order chi connectivity index (χ1) is 10.4. The second kappa shape index (κ2) is 6.16. The van der Waals surface area contributed by atoms with E-state index < -0.39 is 0 Å². The lowest BCUT2D eigenvalue weighted by Gasteiger charge is -2.08. The first kappa shape index (κ1) is 13.3. The molecule has 0 saturated heterocycles. The molecule has 0 aromatic carbocycles. The monoisotopic (exact) mass is 288 g/mol. The molecule has 3 heterocycles. The van der Waals surface area contributed by atoms with Crippen LogP contribution in [0, 0.1) is 0 Å². The van der Waals surface area contributed by atoms with Gasteiger partial charge in [0.25, 0.3) is 0 Å². The summed E-state index contributed by atoms with van der Waals surface area (Å²) in [6, 6.07) is 0. The van der Waals surface area contributed by atoms with Crippen LogP contribution in [0.25, 0.3) is 11.2 Å². The van der Waals surface area contributed by atoms with Crippen LogP contribution in [0.3, 0.4) is 0 Å². The van der Waals surface area contributed by atoms with Crippen molar-refractivity contribution in [2.24, 2.45) is 0 Å². The van der Waals surface area contributed by atoms with Gasteiger partial charge in [0.05, 0.1) is 6.33 Å². The molecule has 3 rings (SSSR count). The minimum atomic E-state index is 0.568. The molecule has 3 aromatic heterocycles. The molecule has 0 unspecified atom stereocenters. The topological polar surface area (TPSA) is 117 Å². The average molecular weight is 288 g/mol. The highest BCUT2D eigenvalue weighted by Gasteiger charge is 2.09. The van der Waals surface area contributed by atoms with Crippen LogP contribution in [0.5, 0.6) is 0 Å². The van der Waals surface area contributed by atoms with Gasteiger partial charge in [0.15, 0.2) is 17.3 Å². The molecule has 0 radical (unpaired) electrons. The number of H-pyrrole nitrogens is 1. The van der Waals surface area contributed by atoms with Crippen LogP contribution in [0.1, 0.15) is 19.2 Å². The Bertz CT molecular complexity index is 692. The first-order valence-corrected chi connectivity index (χ1v) is 6.81. The van der Waals surface area contributed by atoms with Crippen molar-refractivity contribution in [3.05, 3.63) is 18.5 Å². The summed E-state index contributed by atoms with van der Waals surface area (Å²) < 4.78 is 4.70. The number of nitrogens with one attached hydrogen (secondary N) is 3. The molecule has 3 aromatic rings. The second-order valence-corrected chi connectivity index (χ2v) is 4.45. The molecular formula is C12H16N8O. The third-order valence-electron chi connectivity index (χ3n) is 2.87. The summed E-state index contributed by atoms with van der Waals surface area (Å²) in [4.78, 5) is 20.0. The number of anilines is 2. The van der Waals surface area contributed by atoms with E-state index in [1.165, 1.54) is 6.39 Å². The maximum Gasteiger partial charge on any atom is 0.226 e. The highest BCUT2D eigenvalue weighted by atomic mass is 16.5. The Balaban J connectivity index is 1.74. The summed E-state index contributed by atoms with van der Waals surface area (Å²) in [5.41, 5.74) is 1.41. The smallest absolute Gasteiger partial charge is 0.226 e. The number of aromatic amines is 1. The molecule has 0 atom stereocenters. The minimum Gasteiger partial charge on any atom is -0.368 e. The zero-order valence-corrected chi connectivity index (χ0v) is 11.6. The number of hydrogen-bond donors (Lipinski definition) is 3. The molecule has 0 spiro atoms. The molecule has 110 valence electrons. The van der Waals surface area contributed by atoms with E-state index in [1.54, 1.807) is 6.33 Å². The van der Waals surface area contributed by atoms with E-state index in [9.17, 15) is 0 Å². The fraction of sp³-hybridized carbons (Fsp3) is 0.417. The molecule has 3 N–H and O–H groups in total. The van der Waals surface area contributed by atoms with Crippen molar-refractivity contribution >= 4 is 22.9 Å². The minimum absolute atomic E-state index is 0.568. The number of rotatable bonds is 7.